The third-order valence-electron chi connectivity index (χ3n) is 4.15. The largest absolute Gasteiger partial charge is 0.388 e. The maximum Gasteiger partial charge on any atom is 0.103 e. The van der Waals surface area contributed by atoms with E-state index in [1.165, 1.54) is 11.3 Å². The molecule has 1 saturated heterocycles. The van der Waals surface area contributed by atoms with Gasteiger partial charge in [0, 0.05) is 18.8 Å². The van der Waals surface area contributed by atoms with Gasteiger partial charge in [-0.3, -0.25) is 0 Å². The summed E-state index contributed by atoms with van der Waals surface area (Å²) in [6.07, 6.45) is -0.0407. The summed E-state index contributed by atoms with van der Waals surface area (Å²) < 4.78 is 5.89. The van der Waals surface area contributed by atoms with Gasteiger partial charge in [0.1, 0.15) is 6.10 Å². The van der Waals surface area contributed by atoms with E-state index in [1.54, 1.807) is 0 Å². The third-order valence-corrected chi connectivity index (χ3v) is 4.15. The van der Waals surface area contributed by atoms with Crippen molar-refractivity contribution in [1.82, 2.24) is 0 Å². The topological polar surface area (TPSA) is 32.7 Å². The van der Waals surface area contributed by atoms with Crippen LogP contribution in [0.2, 0.25) is 0 Å². The molecule has 3 heteroatoms. The minimum Gasteiger partial charge on any atom is -0.388 e. The average molecular weight is 291 g/mol. The summed E-state index contributed by atoms with van der Waals surface area (Å²) in [6, 6.07) is 8.77. The molecule has 1 aliphatic rings. The molecule has 118 valence electrons. The van der Waals surface area contributed by atoms with Crippen molar-refractivity contribution in [3.63, 3.8) is 0 Å². The lowest BCUT2D eigenvalue weighted by atomic mass is 9.87. The third kappa shape index (κ3) is 3.98. The maximum atomic E-state index is 10.2. The normalized spacial score (nSPS) is 24.2. The summed E-state index contributed by atoms with van der Waals surface area (Å²) in [7, 11) is 0. The van der Waals surface area contributed by atoms with E-state index in [0.29, 0.717) is 0 Å². The van der Waals surface area contributed by atoms with Gasteiger partial charge in [0.25, 0.3) is 0 Å². The van der Waals surface area contributed by atoms with Crippen molar-refractivity contribution in [1.29, 1.82) is 0 Å². The number of ether oxygens (including phenoxy) is 1. The minimum absolute atomic E-state index is 0.123. The highest BCUT2D eigenvalue weighted by Gasteiger charge is 2.35. The molecular weight excluding hydrogens is 262 g/mol. The van der Waals surface area contributed by atoms with Crippen LogP contribution < -0.4 is 4.90 Å². The molecular formula is C18H29NO2. The summed E-state index contributed by atoms with van der Waals surface area (Å²) in [5, 5.41) is 10.2. The van der Waals surface area contributed by atoms with Crippen LogP contribution in [0.5, 0.6) is 0 Å². The summed E-state index contributed by atoms with van der Waals surface area (Å²) in [4.78, 5) is 2.31. The highest BCUT2D eigenvalue weighted by molar-refractivity contribution is 5.49. The Balaban J connectivity index is 2.17. The monoisotopic (exact) mass is 291 g/mol. The van der Waals surface area contributed by atoms with Gasteiger partial charge in [-0.2, -0.15) is 0 Å². The summed E-state index contributed by atoms with van der Waals surface area (Å²) in [6.45, 7) is 14.0. The average Bonchev–Trinajstić information content (AvgIpc) is 2.36. The van der Waals surface area contributed by atoms with Crippen molar-refractivity contribution in [2.75, 3.05) is 18.0 Å². The molecule has 1 fully saturated rings. The molecule has 21 heavy (non-hydrogen) atoms. The van der Waals surface area contributed by atoms with Gasteiger partial charge in [-0.05, 0) is 43.9 Å². The van der Waals surface area contributed by atoms with Crippen molar-refractivity contribution in [3.8, 4) is 0 Å². The van der Waals surface area contributed by atoms with Gasteiger partial charge in [-0.25, -0.2) is 0 Å². The number of morpholine rings is 1. The predicted molar refractivity (Wildman–Crippen MR) is 88.0 cm³/mol. The van der Waals surface area contributed by atoms with Gasteiger partial charge in [-0.1, -0.05) is 32.9 Å². The summed E-state index contributed by atoms with van der Waals surface area (Å²) >= 11 is 0. The van der Waals surface area contributed by atoms with E-state index < -0.39 is 5.60 Å². The molecule has 1 heterocycles. The first-order valence-electron chi connectivity index (χ1n) is 7.80. The first kappa shape index (κ1) is 16.3. The molecule has 1 aromatic carbocycles. The zero-order valence-electron chi connectivity index (χ0n) is 14.2. The first-order chi connectivity index (χ1) is 9.57. The van der Waals surface area contributed by atoms with Crippen LogP contribution in [0.15, 0.2) is 24.3 Å². The van der Waals surface area contributed by atoms with Gasteiger partial charge in [-0.15, -0.1) is 0 Å². The number of aliphatic hydroxyl groups is 1. The highest BCUT2D eigenvalue weighted by atomic mass is 16.5. The molecule has 0 radical (unpaired) electrons. The molecule has 0 spiro atoms. The first-order valence-corrected chi connectivity index (χ1v) is 7.80. The van der Waals surface area contributed by atoms with Crippen LogP contribution >= 0.6 is 0 Å². The van der Waals surface area contributed by atoms with Crippen LogP contribution in [0.3, 0.4) is 0 Å². The van der Waals surface area contributed by atoms with E-state index in [2.05, 4.69) is 56.9 Å². The fourth-order valence-corrected chi connectivity index (χ4v) is 2.72. The molecule has 2 rings (SSSR count). The van der Waals surface area contributed by atoms with E-state index in [0.717, 1.165) is 13.1 Å². The van der Waals surface area contributed by atoms with Crippen LogP contribution in [-0.2, 0) is 10.2 Å². The lowest BCUT2D eigenvalue weighted by Gasteiger charge is -2.42. The van der Waals surface area contributed by atoms with Gasteiger partial charge in [0.15, 0.2) is 0 Å². The highest BCUT2D eigenvalue weighted by Crippen LogP contribution is 2.28. The zero-order chi connectivity index (χ0) is 15.8. The Bertz CT molecular complexity index is 467. The molecule has 0 aliphatic carbocycles. The molecule has 2 atom stereocenters. The van der Waals surface area contributed by atoms with Crippen LogP contribution in [0.1, 0.15) is 47.1 Å². The van der Waals surface area contributed by atoms with Crippen molar-refractivity contribution in [2.45, 2.75) is 64.8 Å². The second-order valence-corrected chi connectivity index (χ2v) is 7.79. The van der Waals surface area contributed by atoms with Gasteiger partial charge in [0.05, 0.1) is 11.7 Å². The summed E-state index contributed by atoms with van der Waals surface area (Å²) in [5.41, 5.74) is 1.89. The molecule has 1 aromatic rings. The Kier molecular flexibility index (Phi) is 4.36. The lowest BCUT2D eigenvalue weighted by Crippen LogP contribution is -2.54. The standard InChI is InChI=1S/C18H29NO2/c1-13-11-19(12-16(21-13)18(5,6)20)15-9-7-14(8-10-15)17(2,3)4/h7-10,13,16,20H,11-12H2,1-6H3/t13-,16-/m0/s1. The molecule has 3 nitrogen and oxygen atoms in total. The van der Waals surface area contributed by atoms with Gasteiger partial charge in [0.2, 0.25) is 0 Å². The fourth-order valence-electron chi connectivity index (χ4n) is 2.72. The second kappa shape index (κ2) is 5.62. The van der Waals surface area contributed by atoms with Crippen molar-refractivity contribution >= 4 is 5.69 Å². The molecule has 0 saturated carbocycles. The molecule has 0 amide bonds. The van der Waals surface area contributed by atoms with Crippen LogP contribution in [0.4, 0.5) is 5.69 Å². The van der Waals surface area contributed by atoms with Crippen LogP contribution in [0, 0.1) is 0 Å². The Morgan fingerprint density at radius 2 is 1.62 bits per heavy atom. The fraction of sp³-hybridized carbons (Fsp3) is 0.667. The van der Waals surface area contributed by atoms with E-state index in [-0.39, 0.29) is 17.6 Å². The Morgan fingerprint density at radius 3 is 2.10 bits per heavy atom. The molecule has 0 aromatic heterocycles. The molecule has 0 unspecified atom stereocenters. The Hall–Kier alpha value is -1.06. The molecule has 1 N–H and O–H groups in total. The van der Waals surface area contributed by atoms with E-state index in [9.17, 15) is 5.11 Å². The lowest BCUT2D eigenvalue weighted by molar-refractivity contribution is -0.120. The maximum absolute atomic E-state index is 10.2. The number of hydrogen-bond donors (Lipinski definition) is 1. The predicted octanol–water partition coefficient (Wildman–Crippen LogP) is 3.35. The minimum atomic E-state index is -0.821. The molecule has 0 bridgehead atoms. The van der Waals surface area contributed by atoms with Crippen molar-refractivity contribution in [3.05, 3.63) is 29.8 Å². The quantitative estimate of drug-likeness (QED) is 0.907. The van der Waals surface area contributed by atoms with E-state index in [4.69, 9.17) is 4.74 Å². The van der Waals surface area contributed by atoms with Crippen molar-refractivity contribution in [2.24, 2.45) is 0 Å². The summed E-state index contributed by atoms with van der Waals surface area (Å²) in [5.74, 6) is 0. The molecule has 1 aliphatic heterocycles. The van der Waals surface area contributed by atoms with Crippen molar-refractivity contribution < 1.29 is 9.84 Å². The number of nitrogens with zero attached hydrogens (tertiary/aromatic N) is 1. The number of anilines is 1. The number of hydrogen-bond acceptors (Lipinski definition) is 3. The Morgan fingerprint density at radius 1 is 1.05 bits per heavy atom. The van der Waals surface area contributed by atoms with Gasteiger partial charge < -0.3 is 14.7 Å². The SMILES string of the molecule is C[C@H]1CN(c2ccc(C(C)(C)C)cc2)C[C@@H](C(C)(C)O)O1. The second-order valence-electron chi connectivity index (χ2n) is 7.79. The Labute approximate surface area is 128 Å². The van der Waals surface area contributed by atoms with Gasteiger partial charge >= 0.3 is 0 Å². The zero-order valence-corrected chi connectivity index (χ0v) is 14.2. The van der Waals surface area contributed by atoms with Crippen LogP contribution in [-0.4, -0.2) is 36.0 Å². The van der Waals surface area contributed by atoms with Crippen LogP contribution in [0.25, 0.3) is 0 Å². The smallest absolute Gasteiger partial charge is 0.103 e. The number of rotatable bonds is 2. The number of benzene rings is 1. The van der Waals surface area contributed by atoms with E-state index in [1.807, 2.05) is 13.8 Å². The van der Waals surface area contributed by atoms with E-state index >= 15 is 0 Å².